The van der Waals surface area contributed by atoms with Gasteiger partial charge in [-0.05, 0) is 18.6 Å². The quantitative estimate of drug-likeness (QED) is 0.794. The lowest BCUT2D eigenvalue weighted by Gasteiger charge is -2.09. The summed E-state index contributed by atoms with van der Waals surface area (Å²) in [6.07, 6.45) is 0.447. The number of hydrogen-bond acceptors (Lipinski definition) is 2. The van der Waals surface area contributed by atoms with Gasteiger partial charge in [0.2, 0.25) is 0 Å². The van der Waals surface area contributed by atoms with Crippen molar-refractivity contribution in [3.05, 3.63) is 71.7 Å². The number of aromatic carboxylic acids is 1. The molecule has 3 rings (SSSR count). The summed E-state index contributed by atoms with van der Waals surface area (Å²) in [6, 6.07) is 15.2. The number of rotatable bonds is 4. The number of benzene rings is 2. The highest BCUT2D eigenvalue weighted by Crippen LogP contribution is 2.30. The molecule has 1 aromatic heterocycles. The fourth-order valence-electron chi connectivity index (χ4n) is 2.60. The molecule has 0 aliphatic rings. The van der Waals surface area contributed by atoms with Gasteiger partial charge in [0.1, 0.15) is 17.1 Å². The number of halogens is 1. The molecule has 1 N–H and O–H groups in total. The van der Waals surface area contributed by atoms with E-state index in [9.17, 15) is 14.3 Å². The Labute approximate surface area is 132 Å². The second-order valence-electron chi connectivity index (χ2n) is 5.06. The summed E-state index contributed by atoms with van der Waals surface area (Å²) in [6.45, 7) is 1.83. The fourth-order valence-corrected chi connectivity index (χ4v) is 2.60. The van der Waals surface area contributed by atoms with Gasteiger partial charge in [0.25, 0.3) is 0 Å². The average Bonchev–Trinajstić information content (AvgIpc) is 2.95. The maximum atomic E-state index is 14.2. The van der Waals surface area contributed by atoms with Crippen LogP contribution in [0.15, 0.2) is 54.6 Å². The molecular formula is C18H15FN2O2. The molecule has 5 heteroatoms. The maximum Gasteiger partial charge on any atom is 0.339 e. The third-order valence-corrected chi connectivity index (χ3v) is 3.63. The Balaban J connectivity index is 2.37. The van der Waals surface area contributed by atoms with Gasteiger partial charge in [-0.1, -0.05) is 49.4 Å². The molecule has 0 aliphatic carbocycles. The first-order valence-electron chi connectivity index (χ1n) is 7.29. The van der Waals surface area contributed by atoms with Gasteiger partial charge in [0, 0.05) is 5.56 Å². The molecule has 0 saturated carbocycles. The Morgan fingerprint density at radius 1 is 1.13 bits per heavy atom. The lowest BCUT2D eigenvalue weighted by Crippen LogP contribution is -2.04. The van der Waals surface area contributed by atoms with E-state index in [1.54, 1.807) is 30.3 Å². The van der Waals surface area contributed by atoms with E-state index in [4.69, 9.17) is 0 Å². The summed E-state index contributed by atoms with van der Waals surface area (Å²) in [5, 5.41) is 14.0. The molecule has 116 valence electrons. The zero-order valence-electron chi connectivity index (χ0n) is 12.5. The van der Waals surface area contributed by atoms with Crippen molar-refractivity contribution in [2.75, 3.05) is 0 Å². The van der Waals surface area contributed by atoms with E-state index in [0.29, 0.717) is 23.4 Å². The van der Waals surface area contributed by atoms with Crippen molar-refractivity contribution >= 4 is 5.97 Å². The zero-order valence-corrected chi connectivity index (χ0v) is 12.5. The molecule has 0 unspecified atom stereocenters. The number of para-hydroxylation sites is 1. The van der Waals surface area contributed by atoms with E-state index in [1.165, 1.54) is 10.7 Å². The van der Waals surface area contributed by atoms with E-state index in [1.807, 2.05) is 25.1 Å². The van der Waals surface area contributed by atoms with Crippen LogP contribution in [0.1, 0.15) is 23.0 Å². The molecule has 0 radical (unpaired) electrons. The first-order chi connectivity index (χ1) is 11.1. The fraction of sp³-hybridized carbons (Fsp3) is 0.111. The molecule has 0 fully saturated rings. The molecule has 0 atom stereocenters. The zero-order chi connectivity index (χ0) is 16.4. The molecule has 23 heavy (non-hydrogen) atoms. The molecule has 2 aromatic carbocycles. The van der Waals surface area contributed by atoms with Gasteiger partial charge in [-0.2, -0.15) is 5.10 Å². The van der Waals surface area contributed by atoms with Crippen molar-refractivity contribution in [3.63, 3.8) is 0 Å². The Bertz CT molecular complexity index is 857. The molecule has 4 nitrogen and oxygen atoms in total. The molecular weight excluding hydrogens is 295 g/mol. The monoisotopic (exact) mass is 310 g/mol. The number of nitrogens with zero attached hydrogens (tertiary/aromatic N) is 2. The van der Waals surface area contributed by atoms with Crippen LogP contribution in [0.25, 0.3) is 16.9 Å². The van der Waals surface area contributed by atoms with Crippen LogP contribution in [0.3, 0.4) is 0 Å². The van der Waals surface area contributed by atoms with E-state index >= 15 is 0 Å². The highest BCUT2D eigenvalue weighted by molar-refractivity contribution is 5.96. The van der Waals surface area contributed by atoms with E-state index in [2.05, 4.69) is 5.10 Å². The van der Waals surface area contributed by atoms with Crippen molar-refractivity contribution in [2.24, 2.45) is 0 Å². The van der Waals surface area contributed by atoms with E-state index < -0.39 is 11.8 Å². The number of carboxylic acid groups (broad SMARTS) is 1. The van der Waals surface area contributed by atoms with Gasteiger partial charge in [-0.3, -0.25) is 0 Å². The van der Waals surface area contributed by atoms with Crippen LogP contribution in [0.2, 0.25) is 0 Å². The van der Waals surface area contributed by atoms with Crippen LogP contribution in [0, 0.1) is 5.82 Å². The first-order valence-corrected chi connectivity index (χ1v) is 7.29. The molecule has 0 aliphatic heterocycles. The SMILES string of the molecule is CCc1nn(-c2ccccc2F)c(-c2ccccc2)c1C(=O)O. The van der Waals surface area contributed by atoms with Crippen LogP contribution in [0.4, 0.5) is 4.39 Å². The second kappa shape index (κ2) is 6.04. The summed E-state index contributed by atoms with van der Waals surface area (Å²) in [5.74, 6) is -1.52. The smallest absolute Gasteiger partial charge is 0.339 e. The van der Waals surface area contributed by atoms with Crippen molar-refractivity contribution in [1.82, 2.24) is 9.78 Å². The molecule has 0 spiro atoms. The molecule has 0 bridgehead atoms. The predicted molar refractivity (Wildman–Crippen MR) is 85.3 cm³/mol. The van der Waals surface area contributed by atoms with Crippen LogP contribution in [-0.2, 0) is 6.42 Å². The highest BCUT2D eigenvalue weighted by atomic mass is 19.1. The molecule has 3 aromatic rings. The van der Waals surface area contributed by atoms with Gasteiger partial charge in [-0.25, -0.2) is 13.9 Å². The first kappa shape index (κ1) is 15.0. The van der Waals surface area contributed by atoms with Gasteiger partial charge < -0.3 is 5.11 Å². The molecule has 1 heterocycles. The minimum atomic E-state index is -1.07. The van der Waals surface area contributed by atoms with Crippen molar-refractivity contribution in [3.8, 4) is 16.9 Å². The number of aryl methyl sites for hydroxylation is 1. The third-order valence-electron chi connectivity index (χ3n) is 3.63. The van der Waals surface area contributed by atoms with Crippen LogP contribution >= 0.6 is 0 Å². The summed E-state index contributed by atoms with van der Waals surface area (Å²) >= 11 is 0. The third kappa shape index (κ3) is 2.61. The standard InChI is InChI=1S/C18H15FN2O2/c1-2-14-16(18(22)23)17(12-8-4-3-5-9-12)21(20-14)15-11-7-6-10-13(15)19/h3-11H,2H2,1H3,(H,22,23). The van der Waals surface area contributed by atoms with E-state index in [-0.39, 0.29) is 11.3 Å². The van der Waals surface area contributed by atoms with Gasteiger partial charge in [-0.15, -0.1) is 0 Å². The molecule has 0 saturated heterocycles. The van der Waals surface area contributed by atoms with Gasteiger partial charge in [0.15, 0.2) is 0 Å². The number of carbonyl (C=O) groups is 1. The summed E-state index contributed by atoms with van der Waals surface area (Å²) in [5.41, 5.74) is 1.84. The summed E-state index contributed by atoms with van der Waals surface area (Å²) in [7, 11) is 0. The Morgan fingerprint density at radius 3 is 2.39 bits per heavy atom. The van der Waals surface area contributed by atoms with Gasteiger partial charge in [0.05, 0.1) is 11.4 Å². The van der Waals surface area contributed by atoms with Gasteiger partial charge >= 0.3 is 5.97 Å². The lowest BCUT2D eigenvalue weighted by molar-refractivity contribution is 0.0696. The van der Waals surface area contributed by atoms with Crippen LogP contribution < -0.4 is 0 Å². The summed E-state index contributed by atoms with van der Waals surface area (Å²) in [4.78, 5) is 11.8. The summed E-state index contributed by atoms with van der Waals surface area (Å²) < 4.78 is 15.6. The number of aromatic nitrogens is 2. The topological polar surface area (TPSA) is 55.1 Å². The Kier molecular flexibility index (Phi) is 3.93. The second-order valence-corrected chi connectivity index (χ2v) is 5.06. The predicted octanol–water partition coefficient (Wildman–Crippen LogP) is 3.94. The highest BCUT2D eigenvalue weighted by Gasteiger charge is 2.25. The van der Waals surface area contributed by atoms with Crippen molar-refractivity contribution < 1.29 is 14.3 Å². The Morgan fingerprint density at radius 2 is 1.78 bits per heavy atom. The van der Waals surface area contributed by atoms with Crippen molar-refractivity contribution in [2.45, 2.75) is 13.3 Å². The van der Waals surface area contributed by atoms with Crippen LogP contribution in [0.5, 0.6) is 0 Å². The molecule has 0 amide bonds. The largest absolute Gasteiger partial charge is 0.478 e. The number of hydrogen-bond donors (Lipinski definition) is 1. The minimum absolute atomic E-state index is 0.113. The lowest BCUT2D eigenvalue weighted by atomic mass is 10.0. The van der Waals surface area contributed by atoms with E-state index in [0.717, 1.165) is 0 Å². The maximum absolute atomic E-state index is 14.2. The van der Waals surface area contributed by atoms with Crippen molar-refractivity contribution in [1.29, 1.82) is 0 Å². The Hall–Kier alpha value is -2.95. The number of carboxylic acids is 1. The average molecular weight is 310 g/mol. The van der Waals surface area contributed by atoms with Crippen LogP contribution in [-0.4, -0.2) is 20.9 Å². The minimum Gasteiger partial charge on any atom is -0.478 e. The normalized spacial score (nSPS) is 10.7.